The normalized spacial score (nSPS) is 16.4. The van der Waals surface area contributed by atoms with Crippen LogP contribution in [0.25, 0.3) is 5.69 Å². The van der Waals surface area contributed by atoms with Gasteiger partial charge in [0.1, 0.15) is 11.7 Å². The van der Waals surface area contributed by atoms with Crippen molar-refractivity contribution in [1.29, 1.82) is 0 Å². The Morgan fingerprint density at radius 3 is 2.43 bits per heavy atom. The largest absolute Gasteiger partial charge is 0.314 e. The van der Waals surface area contributed by atoms with Crippen LogP contribution in [0.4, 0.5) is 5.82 Å². The number of aliphatic imine (C=N–C) groups is 1. The summed E-state index contributed by atoms with van der Waals surface area (Å²) in [6.45, 7) is 0. The summed E-state index contributed by atoms with van der Waals surface area (Å²) in [7, 11) is 0. The lowest BCUT2D eigenvalue weighted by Gasteiger charge is -2.19. The minimum atomic E-state index is -0.140. The van der Waals surface area contributed by atoms with Crippen molar-refractivity contribution < 1.29 is 0 Å². The molecule has 0 saturated heterocycles. The van der Waals surface area contributed by atoms with Crippen molar-refractivity contribution in [3.63, 3.8) is 0 Å². The molecular formula is C17H14ClN5. The first-order valence-electron chi connectivity index (χ1n) is 7.36. The number of para-hydroxylation sites is 1. The van der Waals surface area contributed by atoms with Crippen LogP contribution in [0.2, 0.25) is 0 Å². The van der Waals surface area contributed by atoms with Crippen molar-refractivity contribution in [2.75, 3.05) is 5.32 Å². The van der Waals surface area contributed by atoms with E-state index in [1.807, 2.05) is 48.5 Å². The molecule has 0 fully saturated rings. The molecule has 6 heteroatoms. The zero-order chi connectivity index (χ0) is 15.6. The van der Waals surface area contributed by atoms with E-state index in [0.29, 0.717) is 5.29 Å². The van der Waals surface area contributed by atoms with E-state index in [-0.39, 0.29) is 6.04 Å². The summed E-state index contributed by atoms with van der Waals surface area (Å²) in [5.41, 5.74) is 2.92. The minimum absolute atomic E-state index is 0.140. The van der Waals surface area contributed by atoms with E-state index in [4.69, 9.17) is 11.6 Å². The predicted molar refractivity (Wildman–Crippen MR) is 91.2 cm³/mol. The van der Waals surface area contributed by atoms with E-state index in [1.54, 1.807) is 4.68 Å². The SMILES string of the molecule is ClC1=NC(Cc2ccccc2)c2nnn(-c3ccccc3)c2N1. The topological polar surface area (TPSA) is 55.1 Å². The minimum Gasteiger partial charge on any atom is -0.314 e. The Morgan fingerprint density at radius 1 is 1.00 bits per heavy atom. The number of fused-ring (bicyclic) bond motifs is 1. The first kappa shape index (κ1) is 14.0. The average Bonchev–Trinajstić information content (AvgIpc) is 3.00. The summed E-state index contributed by atoms with van der Waals surface area (Å²) < 4.78 is 1.75. The molecule has 0 aliphatic carbocycles. The molecule has 0 spiro atoms. The Bertz CT molecular complexity index is 842. The van der Waals surface area contributed by atoms with Crippen molar-refractivity contribution in [2.24, 2.45) is 4.99 Å². The lowest BCUT2D eigenvalue weighted by molar-refractivity contribution is 0.691. The molecule has 4 rings (SSSR count). The maximum atomic E-state index is 6.19. The molecule has 5 nitrogen and oxygen atoms in total. The molecule has 2 heterocycles. The summed E-state index contributed by atoms with van der Waals surface area (Å²) in [6.07, 6.45) is 0.735. The van der Waals surface area contributed by atoms with Crippen molar-refractivity contribution in [3.05, 3.63) is 71.9 Å². The molecule has 0 saturated carbocycles. The molecule has 23 heavy (non-hydrogen) atoms. The van der Waals surface area contributed by atoms with Crippen LogP contribution in [-0.2, 0) is 6.42 Å². The molecule has 1 aromatic heterocycles. The average molecular weight is 324 g/mol. The first-order valence-corrected chi connectivity index (χ1v) is 7.74. The Morgan fingerprint density at radius 2 is 1.70 bits per heavy atom. The number of anilines is 1. The fourth-order valence-electron chi connectivity index (χ4n) is 2.69. The van der Waals surface area contributed by atoms with Gasteiger partial charge >= 0.3 is 0 Å². The smallest absolute Gasteiger partial charge is 0.197 e. The van der Waals surface area contributed by atoms with Gasteiger partial charge in [-0.3, -0.25) is 0 Å². The number of aromatic nitrogens is 3. The second-order valence-corrected chi connectivity index (χ2v) is 5.68. The van der Waals surface area contributed by atoms with Crippen molar-refractivity contribution >= 4 is 22.7 Å². The number of benzene rings is 2. The highest BCUT2D eigenvalue weighted by atomic mass is 35.5. The van der Waals surface area contributed by atoms with Crippen LogP contribution in [0.15, 0.2) is 65.7 Å². The summed E-state index contributed by atoms with van der Waals surface area (Å²) in [4.78, 5) is 4.48. The van der Waals surface area contributed by atoms with Crippen LogP contribution in [-0.4, -0.2) is 20.3 Å². The van der Waals surface area contributed by atoms with Crippen molar-refractivity contribution in [2.45, 2.75) is 12.5 Å². The third-order valence-electron chi connectivity index (χ3n) is 3.78. The number of hydrogen-bond donors (Lipinski definition) is 1. The van der Waals surface area contributed by atoms with Crippen LogP contribution in [0, 0.1) is 0 Å². The predicted octanol–water partition coefficient (Wildman–Crippen LogP) is 3.57. The quantitative estimate of drug-likeness (QED) is 0.750. The number of halogens is 1. The lowest BCUT2D eigenvalue weighted by Crippen LogP contribution is -2.19. The van der Waals surface area contributed by atoms with Gasteiger partial charge in [-0.1, -0.05) is 53.7 Å². The summed E-state index contributed by atoms with van der Waals surface area (Å²) in [5.74, 6) is 0.775. The molecule has 0 amide bonds. The summed E-state index contributed by atoms with van der Waals surface area (Å²) in [5, 5.41) is 12.0. The van der Waals surface area contributed by atoms with Crippen LogP contribution in [0.1, 0.15) is 17.3 Å². The Balaban J connectivity index is 1.72. The van der Waals surface area contributed by atoms with E-state index >= 15 is 0 Å². The van der Waals surface area contributed by atoms with E-state index < -0.39 is 0 Å². The maximum absolute atomic E-state index is 6.19. The first-order chi connectivity index (χ1) is 11.3. The number of amidine groups is 1. The monoisotopic (exact) mass is 323 g/mol. The lowest BCUT2D eigenvalue weighted by atomic mass is 10.0. The van der Waals surface area contributed by atoms with Gasteiger partial charge < -0.3 is 5.32 Å². The number of hydrogen-bond acceptors (Lipinski definition) is 4. The van der Waals surface area contributed by atoms with Gasteiger partial charge in [0.25, 0.3) is 0 Å². The summed E-state index contributed by atoms with van der Waals surface area (Å²) in [6, 6.07) is 19.9. The fraction of sp³-hybridized carbons (Fsp3) is 0.118. The van der Waals surface area contributed by atoms with E-state index in [1.165, 1.54) is 5.56 Å². The van der Waals surface area contributed by atoms with E-state index in [9.17, 15) is 0 Å². The Hall–Kier alpha value is -2.66. The number of nitrogens with one attached hydrogen (secondary N) is 1. The highest BCUT2D eigenvalue weighted by Gasteiger charge is 2.27. The molecule has 1 atom stereocenters. The Labute approximate surface area is 138 Å². The van der Waals surface area contributed by atoms with Gasteiger partial charge in [-0.05, 0) is 29.3 Å². The molecule has 2 aromatic carbocycles. The number of nitrogens with zero attached hydrogens (tertiary/aromatic N) is 4. The molecule has 114 valence electrons. The maximum Gasteiger partial charge on any atom is 0.197 e. The second kappa shape index (κ2) is 5.85. The van der Waals surface area contributed by atoms with Crippen LogP contribution >= 0.6 is 11.6 Å². The number of rotatable bonds is 3. The highest BCUT2D eigenvalue weighted by Crippen LogP contribution is 2.32. The summed E-state index contributed by atoms with van der Waals surface area (Å²) >= 11 is 6.19. The van der Waals surface area contributed by atoms with Crippen molar-refractivity contribution in [1.82, 2.24) is 15.0 Å². The van der Waals surface area contributed by atoms with Gasteiger partial charge in [-0.25, -0.2) is 4.99 Å². The molecular weight excluding hydrogens is 310 g/mol. The third-order valence-corrected chi connectivity index (χ3v) is 3.97. The van der Waals surface area contributed by atoms with Gasteiger partial charge in [0, 0.05) is 6.42 Å². The van der Waals surface area contributed by atoms with Crippen LogP contribution in [0.5, 0.6) is 0 Å². The molecule has 1 N–H and O–H groups in total. The van der Waals surface area contributed by atoms with Gasteiger partial charge in [0.05, 0.1) is 5.69 Å². The standard InChI is InChI=1S/C17H14ClN5/c18-17-19-14(11-12-7-3-1-4-8-12)15-16(20-17)23(22-21-15)13-9-5-2-6-10-13/h1-10,14H,11H2,(H,19,20). The van der Waals surface area contributed by atoms with E-state index in [2.05, 4.69) is 32.8 Å². The zero-order valence-corrected chi connectivity index (χ0v) is 13.0. The molecule has 1 aliphatic rings. The van der Waals surface area contributed by atoms with Gasteiger partial charge in [-0.2, -0.15) is 4.68 Å². The second-order valence-electron chi connectivity index (χ2n) is 5.32. The molecule has 0 bridgehead atoms. The molecule has 3 aromatic rings. The van der Waals surface area contributed by atoms with E-state index in [0.717, 1.165) is 23.6 Å². The Kier molecular flexibility index (Phi) is 3.55. The third kappa shape index (κ3) is 2.71. The van der Waals surface area contributed by atoms with Gasteiger partial charge in [0.2, 0.25) is 0 Å². The molecule has 1 aliphatic heterocycles. The van der Waals surface area contributed by atoms with Crippen LogP contribution < -0.4 is 5.32 Å². The van der Waals surface area contributed by atoms with Crippen molar-refractivity contribution in [3.8, 4) is 5.69 Å². The highest BCUT2D eigenvalue weighted by molar-refractivity contribution is 6.67. The fourth-order valence-corrected chi connectivity index (χ4v) is 2.90. The molecule has 1 unspecified atom stereocenters. The van der Waals surface area contributed by atoms with Gasteiger partial charge in [0.15, 0.2) is 11.1 Å². The zero-order valence-electron chi connectivity index (χ0n) is 12.2. The molecule has 0 radical (unpaired) electrons. The van der Waals surface area contributed by atoms with Crippen LogP contribution in [0.3, 0.4) is 0 Å². The van der Waals surface area contributed by atoms with Gasteiger partial charge in [-0.15, -0.1) is 5.10 Å².